The van der Waals surface area contributed by atoms with Gasteiger partial charge in [0, 0.05) is 24.0 Å². The number of rotatable bonds is 6. The second-order valence-corrected chi connectivity index (χ2v) is 6.21. The minimum atomic E-state index is 0. The molecule has 0 spiro atoms. The standard InChI is InChI=1S/C20H27N3O2.HI/c1-3-21-20(22-11-8-16-9-12-24-13-10-16)23-14-19-15(2)17-6-4-5-7-18(17)25-19;/h4-7,9H,3,8,10-14H2,1-2H3,(H2,21,22,23);1H. The lowest BCUT2D eigenvalue weighted by atomic mass is 10.1. The summed E-state index contributed by atoms with van der Waals surface area (Å²) in [5.41, 5.74) is 3.56. The van der Waals surface area contributed by atoms with Gasteiger partial charge in [-0.05, 0) is 32.8 Å². The number of para-hydroxylation sites is 1. The van der Waals surface area contributed by atoms with Gasteiger partial charge in [0.15, 0.2) is 5.96 Å². The first-order chi connectivity index (χ1) is 12.3. The Kier molecular flexibility index (Phi) is 8.44. The SMILES string of the molecule is CCNC(=NCc1oc2ccccc2c1C)NCCC1=CCOCC1.I. The first-order valence-corrected chi connectivity index (χ1v) is 9.02. The predicted octanol–water partition coefficient (Wildman–Crippen LogP) is 4.15. The third-order valence-corrected chi connectivity index (χ3v) is 4.46. The van der Waals surface area contributed by atoms with Crippen LogP contribution in [0, 0.1) is 6.92 Å². The average Bonchev–Trinajstić information content (AvgIpc) is 2.97. The smallest absolute Gasteiger partial charge is 0.191 e. The molecule has 0 saturated carbocycles. The third-order valence-electron chi connectivity index (χ3n) is 4.46. The highest BCUT2D eigenvalue weighted by atomic mass is 127. The molecular formula is C20H28IN3O2. The van der Waals surface area contributed by atoms with E-state index < -0.39 is 0 Å². The summed E-state index contributed by atoms with van der Waals surface area (Å²) in [5, 5.41) is 7.87. The van der Waals surface area contributed by atoms with Crippen molar-refractivity contribution in [1.29, 1.82) is 0 Å². The topological polar surface area (TPSA) is 58.8 Å². The highest BCUT2D eigenvalue weighted by Crippen LogP contribution is 2.25. The molecule has 1 aromatic carbocycles. The number of aryl methyl sites for hydroxylation is 1. The lowest BCUT2D eigenvalue weighted by Gasteiger charge is -2.15. The molecule has 3 rings (SSSR count). The van der Waals surface area contributed by atoms with E-state index in [4.69, 9.17) is 9.15 Å². The van der Waals surface area contributed by atoms with Gasteiger partial charge in [-0.1, -0.05) is 29.8 Å². The van der Waals surface area contributed by atoms with E-state index in [-0.39, 0.29) is 24.0 Å². The highest BCUT2D eigenvalue weighted by Gasteiger charge is 2.10. The first kappa shape index (κ1) is 20.8. The molecule has 0 bridgehead atoms. The lowest BCUT2D eigenvalue weighted by Crippen LogP contribution is -2.38. The normalized spacial score (nSPS) is 14.7. The quantitative estimate of drug-likeness (QED) is 0.289. The maximum Gasteiger partial charge on any atom is 0.191 e. The van der Waals surface area contributed by atoms with Crippen LogP contribution in [0.5, 0.6) is 0 Å². The summed E-state index contributed by atoms with van der Waals surface area (Å²) in [6.07, 6.45) is 4.25. The number of aliphatic imine (C=N–C) groups is 1. The molecule has 26 heavy (non-hydrogen) atoms. The van der Waals surface area contributed by atoms with Crippen LogP contribution in [0.4, 0.5) is 0 Å². The summed E-state index contributed by atoms with van der Waals surface area (Å²) in [5.74, 6) is 1.75. The second kappa shape index (κ2) is 10.6. The number of fused-ring (bicyclic) bond motifs is 1. The molecular weight excluding hydrogens is 441 g/mol. The monoisotopic (exact) mass is 469 g/mol. The summed E-state index contributed by atoms with van der Waals surface area (Å²) in [6.45, 7) is 7.99. The Hall–Kier alpha value is -1.54. The van der Waals surface area contributed by atoms with Crippen LogP contribution in [0.3, 0.4) is 0 Å². The number of nitrogens with one attached hydrogen (secondary N) is 2. The fraction of sp³-hybridized carbons (Fsp3) is 0.450. The van der Waals surface area contributed by atoms with Gasteiger partial charge in [-0.25, -0.2) is 4.99 Å². The second-order valence-electron chi connectivity index (χ2n) is 6.21. The van der Waals surface area contributed by atoms with E-state index in [1.807, 2.05) is 18.2 Å². The molecule has 0 atom stereocenters. The molecule has 0 saturated heterocycles. The molecule has 0 fully saturated rings. The van der Waals surface area contributed by atoms with Gasteiger partial charge < -0.3 is 19.8 Å². The van der Waals surface area contributed by atoms with E-state index in [2.05, 4.69) is 41.6 Å². The van der Waals surface area contributed by atoms with Crippen molar-refractivity contribution >= 4 is 40.9 Å². The summed E-state index contributed by atoms with van der Waals surface area (Å²) in [4.78, 5) is 4.68. The van der Waals surface area contributed by atoms with Gasteiger partial charge in [0.2, 0.25) is 0 Å². The van der Waals surface area contributed by atoms with Crippen molar-refractivity contribution in [1.82, 2.24) is 10.6 Å². The van der Waals surface area contributed by atoms with Crippen molar-refractivity contribution < 1.29 is 9.15 Å². The van der Waals surface area contributed by atoms with E-state index in [9.17, 15) is 0 Å². The zero-order valence-corrected chi connectivity index (χ0v) is 17.8. The van der Waals surface area contributed by atoms with Crippen molar-refractivity contribution in [3.63, 3.8) is 0 Å². The molecule has 2 aromatic rings. The number of nitrogens with zero attached hydrogens (tertiary/aromatic N) is 1. The Morgan fingerprint density at radius 3 is 2.81 bits per heavy atom. The average molecular weight is 469 g/mol. The Morgan fingerprint density at radius 1 is 1.23 bits per heavy atom. The Balaban J connectivity index is 0.00000243. The molecule has 142 valence electrons. The lowest BCUT2D eigenvalue weighted by molar-refractivity contribution is 0.153. The van der Waals surface area contributed by atoms with Gasteiger partial charge in [-0.2, -0.15) is 0 Å². The van der Waals surface area contributed by atoms with E-state index >= 15 is 0 Å². The fourth-order valence-electron chi connectivity index (χ4n) is 3.00. The molecule has 2 heterocycles. The van der Waals surface area contributed by atoms with Crippen molar-refractivity contribution in [3.05, 3.63) is 47.2 Å². The molecule has 0 unspecified atom stereocenters. The van der Waals surface area contributed by atoms with Crippen LogP contribution in [-0.4, -0.2) is 32.3 Å². The Bertz CT molecular complexity index is 768. The van der Waals surface area contributed by atoms with Gasteiger partial charge in [0.05, 0.1) is 13.2 Å². The number of halogens is 1. The van der Waals surface area contributed by atoms with Crippen LogP contribution in [0.15, 0.2) is 45.3 Å². The molecule has 0 radical (unpaired) electrons. The number of ether oxygens (including phenoxy) is 1. The van der Waals surface area contributed by atoms with Crippen LogP contribution in [0.25, 0.3) is 11.0 Å². The number of guanidine groups is 1. The Labute approximate surface area is 172 Å². The van der Waals surface area contributed by atoms with Crippen LogP contribution in [0.2, 0.25) is 0 Å². The molecule has 0 aliphatic carbocycles. The first-order valence-electron chi connectivity index (χ1n) is 9.02. The van der Waals surface area contributed by atoms with Gasteiger partial charge in [0.25, 0.3) is 0 Å². The Morgan fingerprint density at radius 2 is 2.08 bits per heavy atom. The fourth-order valence-corrected chi connectivity index (χ4v) is 3.00. The van der Waals surface area contributed by atoms with Crippen molar-refractivity contribution in [2.75, 3.05) is 26.3 Å². The van der Waals surface area contributed by atoms with Gasteiger partial charge in [-0.15, -0.1) is 24.0 Å². The zero-order chi connectivity index (χ0) is 17.5. The number of hydrogen-bond acceptors (Lipinski definition) is 3. The van der Waals surface area contributed by atoms with Crippen molar-refractivity contribution in [2.24, 2.45) is 4.99 Å². The highest BCUT2D eigenvalue weighted by molar-refractivity contribution is 14.0. The van der Waals surface area contributed by atoms with E-state index in [1.54, 1.807) is 0 Å². The van der Waals surface area contributed by atoms with Crippen molar-refractivity contribution in [2.45, 2.75) is 33.2 Å². The van der Waals surface area contributed by atoms with Crippen LogP contribution >= 0.6 is 24.0 Å². The van der Waals surface area contributed by atoms with Crippen LogP contribution < -0.4 is 10.6 Å². The van der Waals surface area contributed by atoms with Gasteiger partial charge in [-0.3, -0.25) is 0 Å². The van der Waals surface area contributed by atoms with E-state index in [1.165, 1.54) is 11.1 Å². The summed E-state index contributed by atoms with van der Waals surface area (Å²) in [7, 11) is 0. The van der Waals surface area contributed by atoms with E-state index in [0.29, 0.717) is 6.54 Å². The third kappa shape index (κ3) is 5.48. The number of benzene rings is 1. The van der Waals surface area contributed by atoms with Crippen LogP contribution in [-0.2, 0) is 11.3 Å². The van der Waals surface area contributed by atoms with Gasteiger partial charge in [0.1, 0.15) is 17.9 Å². The summed E-state index contributed by atoms with van der Waals surface area (Å²) >= 11 is 0. The molecule has 5 nitrogen and oxygen atoms in total. The van der Waals surface area contributed by atoms with Gasteiger partial charge >= 0.3 is 0 Å². The molecule has 1 aliphatic heterocycles. The minimum absolute atomic E-state index is 0. The molecule has 6 heteroatoms. The molecule has 1 aromatic heterocycles. The molecule has 0 amide bonds. The number of hydrogen-bond donors (Lipinski definition) is 2. The number of furan rings is 1. The van der Waals surface area contributed by atoms with Crippen LogP contribution in [0.1, 0.15) is 31.1 Å². The molecule has 2 N–H and O–H groups in total. The summed E-state index contributed by atoms with van der Waals surface area (Å²) in [6, 6.07) is 8.12. The summed E-state index contributed by atoms with van der Waals surface area (Å²) < 4.78 is 11.3. The zero-order valence-electron chi connectivity index (χ0n) is 15.5. The van der Waals surface area contributed by atoms with E-state index in [0.717, 1.165) is 61.8 Å². The van der Waals surface area contributed by atoms with Crippen molar-refractivity contribution in [3.8, 4) is 0 Å². The largest absolute Gasteiger partial charge is 0.459 e. The maximum atomic E-state index is 5.94. The predicted molar refractivity (Wildman–Crippen MR) is 117 cm³/mol. The minimum Gasteiger partial charge on any atom is -0.459 e. The maximum absolute atomic E-state index is 5.94. The molecule has 1 aliphatic rings.